The molecule has 3 nitrogen and oxygen atoms in total. The Morgan fingerprint density at radius 3 is 2.35 bits per heavy atom. The highest BCUT2D eigenvalue weighted by molar-refractivity contribution is 9.10. The second-order valence-corrected chi connectivity index (χ2v) is 5.45. The molecule has 2 aromatic rings. The van der Waals surface area contributed by atoms with E-state index in [0.717, 1.165) is 21.5 Å². The number of hydrogen-bond acceptors (Lipinski definition) is 3. The average molecular weight is 336 g/mol. The molecule has 0 saturated heterocycles. The third-order valence-electron chi connectivity index (χ3n) is 3.21. The van der Waals surface area contributed by atoms with E-state index in [-0.39, 0.29) is 12.6 Å². The minimum atomic E-state index is 0.0441. The van der Waals surface area contributed by atoms with Crippen molar-refractivity contribution in [3.63, 3.8) is 0 Å². The molecule has 2 N–H and O–H groups in total. The zero-order valence-corrected chi connectivity index (χ0v) is 13.1. The fourth-order valence-electron chi connectivity index (χ4n) is 1.88. The van der Waals surface area contributed by atoms with Crippen LogP contribution in [0, 0.1) is 0 Å². The van der Waals surface area contributed by atoms with Gasteiger partial charge in [0.2, 0.25) is 0 Å². The average Bonchev–Trinajstić information content (AvgIpc) is 2.47. The molecule has 0 aliphatic carbocycles. The van der Waals surface area contributed by atoms with E-state index in [4.69, 9.17) is 9.84 Å². The van der Waals surface area contributed by atoms with E-state index in [0.29, 0.717) is 0 Å². The predicted octanol–water partition coefficient (Wildman–Crippen LogP) is 4.01. The van der Waals surface area contributed by atoms with Crippen LogP contribution in [0.4, 0.5) is 0 Å². The van der Waals surface area contributed by atoms with Crippen LogP contribution >= 0.6 is 15.9 Å². The van der Waals surface area contributed by atoms with E-state index in [9.17, 15) is 0 Å². The Morgan fingerprint density at radius 2 is 1.80 bits per heavy atom. The number of nitrogens with one attached hydrogen (secondary N) is 1. The lowest BCUT2D eigenvalue weighted by Gasteiger charge is -2.14. The molecular formula is C16H18BrNO2. The summed E-state index contributed by atoms with van der Waals surface area (Å²) in [6.45, 7) is 2.15. The zero-order valence-electron chi connectivity index (χ0n) is 11.6. The minimum Gasteiger partial charge on any atom is -0.457 e. The topological polar surface area (TPSA) is 41.5 Å². The molecular weight excluding hydrogens is 318 g/mol. The van der Waals surface area contributed by atoms with Crippen molar-refractivity contribution in [3.05, 3.63) is 58.1 Å². The van der Waals surface area contributed by atoms with Crippen molar-refractivity contribution in [2.75, 3.05) is 7.05 Å². The first-order chi connectivity index (χ1) is 9.63. The molecule has 106 valence electrons. The van der Waals surface area contributed by atoms with Crippen LogP contribution in [0.25, 0.3) is 0 Å². The fraction of sp³-hybridized carbons (Fsp3) is 0.250. The number of aliphatic hydroxyl groups is 1. The molecule has 0 spiro atoms. The Labute approximate surface area is 127 Å². The monoisotopic (exact) mass is 335 g/mol. The van der Waals surface area contributed by atoms with Crippen molar-refractivity contribution < 1.29 is 9.84 Å². The lowest BCUT2D eigenvalue weighted by Crippen LogP contribution is -2.12. The number of halogens is 1. The molecule has 0 fully saturated rings. The van der Waals surface area contributed by atoms with Crippen molar-refractivity contribution in [1.29, 1.82) is 0 Å². The molecule has 4 heteroatoms. The first-order valence-corrected chi connectivity index (χ1v) is 7.27. The van der Waals surface area contributed by atoms with Gasteiger partial charge in [0, 0.05) is 10.5 Å². The standard InChI is InChI=1S/C16H18BrNO2/c1-11(18-2)15-8-7-14(9-16(15)17)20-13-5-3-12(10-19)4-6-13/h3-9,11,18-19H,10H2,1-2H3. The highest BCUT2D eigenvalue weighted by Gasteiger charge is 2.08. The summed E-state index contributed by atoms with van der Waals surface area (Å²) in [5, 5.41) is 12.2. The van der Waals surface area contributed by atoms with Crippen LogP contribution in [-0.4, -0.2) is 12.2 Å². The number of aliphatic hydroxyl groups excluding tert-OH is 1. The molecule has 1 atom stereocenters. The second-order valence-electron chi connectivity index (χ2n) is 4.60. The maximum absolute atomic E-state index is 9.01. The largest absolute Gasteiger partial charge is 0.457 e. The van der Waals surface area contributed by atoms with Gasteiger partial charge in [0.15, 0.2) is 0 Å². The number of rotatable bonds is 5. The normalized spacial score (nSPS) is 12.2. The predicted molar refractivity (Wildman–Crippen MR) is 84.1 cm³/mol. The molecule has 0 heterocycles. The van der Waals surface area contributed by atoms with Gasteiger partial charge in [-0.15, -0.1) is 0 Å². The second kappa shape index (κ2) is 6.88. The molecule has 1 unspecified atom stereocenters. The Hall–Kier alpha value is -1.36. The lowest BCUT2D eigenvalue weighted by molar-refractivity contribution is 0.281. The zero-order chi connectivity index (χ0) is 14.5. The smallest absolute Gasteiger partial charge is 0.128 e. The third-order valence-corrected chi connectivity index (χ3v) is 3.90. The van der Waals surface area contributed by atoms with Gasteiger partial charge in [0.05, 0.1) is 6.61 Å². The molecule has 0 aromatic heterocycles. The summed E-state index contributed by atoms with van der Waals surface area (Å²) in [6.07, 6.45) is 0. The van der Waals surface area contributed by atoms with Gasteiger partial charge in [-0.1, -0.05) is 34.1 Å². The molecule has 0 saturated carbocycles. The molecule has 0 bridgehead atoms. The number of hydrogen-bond donors (Lipinski definition) is 2. The molecule has 0 amide bonds. The van der Waals surface area contributed by atoms with Gasteiger partial charge in [-0.2, -0.15) is 0 Å². The van der Waals surface area contributed by atoms with Gasteiger partial charge >= 0.3 is 0 Å². The molecule has 2 aromatic carbocycles. The van der Waals surface area contributed by atoms with E-state index >= 15 is 0 Å². The van der Waals surface area contributed by atoms with Gasteiger partial charge in [0.25, 0.3) is 0 Å². The molecule has 0 aliphatic heterocycles. The van der Waals surface area contributed by atoms with E-state index in [1.54, 1.807) is 0 Å². The summed E-state index contributed by atoms with van der Waals surface area (Å²) >= 11 is 3.57. The first kappa shape index (κ1) is 15.0. The van der Waals surface area contributed by atoms with Gasteiger partial charge in [-0.3, -0.25) is 0 Å². The lowest BCUT2D eigenvalue weighted by atomic mass is 10.1. The van der Waals surface area contributed by atoms with E-state index in [1.807, 2.05) is 49.5 Å². The van der Waals surface area contributed by atoms with Crippen LogP contribution in [0.1, 0.15) is 24.1 Å². The summed E-state index contributed by atoms with van der Waals surface area (Å²) in [4.78, 5) is 0. The number of ether oxygens (including phenoxy) is 1. The van der Waals surface area contributed by atoms with Crippen LogP contribution in [0.5, 0.6) is 11.5 Å². The Balaban J connectivity index is 2.15. The highest BCUT2D eigenvalue weighted by Crippen LogP contribution is 2.30. The van der Waals surface area contributed by atoms with Crippen LogP contribution in [0.3, 0.4) is 0 Å². The van der Waals surface area contributed by atoms with E-state index in [1.165, 1.54) is 5.56 Å². The summed E-state index contributed by atoms with van der Waals surface area (Å²) in [5.74, 6) is 1.53. The Kier molecular flexibility index (Phi) is 5.17. The van der Waals surface area contributed by atoms with Gasteiger partial charge in [-0.25, -0.2) is 0 Å². The molecule has 20 heavy (non-hydrogen) atoms. The summed E-state index contributed by atoms with van der Waals surface area (Å²) in [5.41, 5.74) is 2.06. The summed E-state index contributed by atoms with van der Waals surface area (Å²) in [7, 11) is 1.93. The van der Waals surface area contributed by atoms with Crippen LogP contribution in [0.2, 0.25) is 0 Å². The quantitative estimate of drug-likeness (QED) is 0.867. The number of benzene rings is 2. The van der Waals surface area contributed by atoms with Crippen molar-refractivity contribution in [2.24, 2.45) is 0 Å². The van der Waals surface area contributed by atoms with Crippen molar-refractivity contribution in [3.8, 4) is 11.5 Å². The molecule has 2 rings (SSSR count). The highest BCUT2D eigenvalue weighted by atomic mass is 79.9. The van der Waals surface area contributed by atoms with Crippen molar-refractivity contribution in [1.82, 2.24) is 5.32 Å². The van der Waals surface area contributed by atoms with Gasteiger partial charge in [0.1, 0.15) is 11.5 Å². The van der Waals surface area contributed by atoms with Gasteiger partial charge in [-0.05, 0) is 49.4 Å². The molecule has 0 aliphatic rings. The third kappa shape index (κ3) is 3.60. The fourth-order valence-corrected chi connectivity index (χ4v) is 2.58. The van der Waals surface area contributed by atoms with Crippen LogP contribution in [0.15, 0.2) is 46.9 Å². The van der Waals surface area contributed by atoms with Gasteiger partial charge < -0.3 is 15.2 Å². The van der Waals surface area contributed by atoms with Crippen LogP contribution < -0.4 is 10.1 Å². The SMILES string of the molecule is CNC(C)c1ccc(Oc2ccc(CO)cc2)cc1Br. The Morgan fingerprint density at radius 1 is 1.15 bits per heavy atom. The maximum atomic E-state index is 9.01. The van der Waals surface area contributed by atoms with E-state index in [2.05, 4.69) is 28.2 Å². The first-order valence-electron chi connectivity index (χ1n) is 6.48. The summed E-state index contributed by atoms with van der Waals surface area (Å²) in [6, 6.07) is 13.6. The van der Waals surface area contributed by atoms with Crippen molar-refractivity contribution in [2.45, 2.75) is 19.6 Å². The molecule has 0 radical (unpaired) electrons. The van der Waals surface area contributed by atoms with Crippen molar-refractivity contribution >= 4 is 15.9 Å². The van der Waals surface area contributed by atoms with E-state index < -0.39 is 0 Å². The summed E-state index contributed by atoms with van der Waals surface area (Å²) < 4.78 is 6.81. The minimum absolute atomic E-state index is 0.0441. The maximum Gasteiger partial charge on any atom is 0.128 e. The van der Waals surface area contributed by atoms with Crippen LogP contribution in [-0.2, 0) is 6.61 Å². The Bertz CT molecular complexity index is 569.